The third-order valence-corrected chi connectivity index (χ3v) is 8.07. The van der Waals surface area contributed by atoms with Crippen molar-refractivity contribution in [2.24, 2.45) is 0 Å². The second kappa shape index (κ2) is 12.5. The molecule has 2 aliphatic rings. The highest BCUT2D eigenvalue weighted by atomic mass is 16.5. The molecule has 0 bridgehead atoms. The Balaban J connectivity index is 1.18. The lowest BCUT2D eigenvalue weighted by Gasteiger charge is -2.32. The molecule has 0 radical (unpaired) electrons. The van der Waals surface area contributed by atoms with Gasteiger partial charge in [-0.25, -0.2) is 14.6 Å². The van der Waals surface area contributed by atoms with Crippen LogP contribution in [-0.2, 0) is 4.79 Å². The number of aromatic nitrogens is 4. The minimum Gasteiger partial charge on any atom is -0.457 e. The van der Waals surface area contributed by atoms with Crippen molar-refractivity contribution in [1.29, 1.82) is 0 Å². The molecule has 1 amide bonds. The molecule has 3 N–H and O–H groups in total. The fraction of sp³-hybridized carbons (Fsp3) is 0.375. The Bertz CT molecular complexity index is 1490. The molecular weight excluding hydrogens is 514 g/mol. The Labute approximate surface area is 240 Å². The molecule has 2 aromatic carbocycles. The first-order chi connectivity index (χ1) is 20.2. The highest BCUT2D eigenvalue weighted by Gasteiger charge is 2.28. The van der Waals surface area contributed by atoms with Crippen LogP contribution in [-0.4, -0.2) is 56.2 Å². The Morgan fingerprint density at radius 1 is 0.976 bits per heavy atom. The van der Waals surface area contributed by atoms with E-state index in [1.807, 2.05) is 70.3 Å². The SMILES string of the molecule is Nc1ncnc2c1c(-c1ccc(Oc3ccccc3)cc1)nn2[C@@H]1CCCN(C(=O)/C=C/CNC2CCCCC2)C1. The molecule has 1 aliphatic carbocycles. The van der Waals surface area contributed by atoms with E-state index in [-0.39, 0.29) is 11.9 Å². The zero-order chi connectivity index (χ0) is 28.0. The number of hydrogen-bond donors (Lipinski definition) is 2. The number of hydrogen-bond acceptors (Lipinski definition) is 7. The van der Waals surface area contributed by atoms with Gasteiger partial charge in [-0.05, 0) is 62.1 Å². The standard InChI is InChI=1S/C32H37N7O2/c33-31-29-30(23-15-17-27(18-16-23)41-26-12-5-2-6-13-26)37-39(32(29)36-22-35-31)25-11-8-20-38(21-25)28(40)14-7-19-34-24-9-3-1-4-10-24/h2,5-7,12-18,22,24-25,34H,1,3-4,8-11,19-21H2,(H2,33,35,36)/b14-7+/t25-/m1/s1. The van der Waals surface area contributed by atoms with Gasteiger partial charge in [-0.1, -0.05) is 43.5 Å². The third kappa shape index (κ3) is 6.25. The molecular formula is C32H37N7O2. The summed E-state index contributed by atoms with van der Waals surface area (Å²) >= 11 is 0. The monoisotopic (exact) mass is 551 g/mol. The van der Waals surface area contributed by atoms with Gasteiger partial charge in [0.1, 0.15) is 29.3 Å². The summed E-state index contributed by atoms with van der Waals surface area (Å²) in [4.78, 5) is 23.8. The number of anilines is 1. The fourth-order valence-electron chi connectivity index (χ4n) is 5.92. The number of nitrogens with two attached hydrogens (primary N) is 1. The number of likely N-dealkylation sites (tertiary alicyclic amines) is 1. The van der Waals surface area contributed by atoms with Gasteiger partial charge >= 0.3 is 0 Å². The number of carbonyl (C=O) groups is 1. The minimum atomic E-state index is -0.00676. The maximum Gasteiger partial charge on any atom is 0.246 e. The van der Waals surface area contributed by atoms with Crippen LogP contribution in [0.2, 0.25) is 0 Å². The maximum atomic E-state index is 13.1. The number of nitrogen functional groups attached to an aromatic ring is 1. The van der Waals surface area contributed by atoms with Gasteiger partial charge in [-0.2, -0.15) is 5.10 Å². The molecule has 0 unspecified atom stereocenters. The summed E-state index contributed by atoms with van der Waals surface area (Å²) in [5, 5.41) is 9.30. The molecule has 3 heterocycles. The molecule has 1 saturated heterocycles. The number of piperidine rings is 1. The van der Waals surface area contributed by atoms with Crippen LogP contribution in [0.3, 0.4) is 0 Å². The van der Waals surface area contributed by atoms with Crippen LogP contribution in [0, 0.1) is 0 Å². The van der Waals surface area contributed by atoms with Gasteiger partial charge in [0.15, 0.2) is 5.65 Å². The van der Waals surface area contributed by atoms with Crippen molar-refractivity contribution in [3.63, 3.8) is 0 Å². The second-order valence-electron chi connectivity index (χ2n) is 10.9. The summed E-state index contributed by atoms with van der Waals surface area (Å²) in [7, 11) is 0. The van der Waals surface area contributed by atoms with Crippen LogP contribution in [0.4, 0.5) is 5.82 Å². The number of nitrogens with one attached hydrogen (secondary N) is 1. The number of ether oxygens (including phenoxy) is 1. The van der Waals surface area contributed by atoms with Crippen molar-refractivity contribution in [2.75, 3.05) is 25.4 Å². The average Bonchev–Trinajstić information content (AvgIpc) is 3.42. The van der Waals surface area contributed by atoms with Crippen LogP contribution < -0.4 is 15.8 Å². The molecule has 0 spiro atoms. The van der Waals surface area contributed by atoms with E-state index in [1.165, 1.54) is 38.4 Å². The van der Waals surface area contributed by atoms with Gasteiger partial charge < -0.3 is 20.7 Å². The van der Waals surface area contributed by atoms with E-state index < -0.39 is 0 Å². The van der Waals surface area contributed by atoms with Crippen molar-refractivity contribution in [2.45, 2.75) is 57.0 Å². The van der Waals surface area contributed by atoms with E-state index in [4.69, 9.17) is 15.6 Å². The van der Waals surface area contributed by atoms with E-state index in [0.29, 0.717) is 24.1 Å². The quantitative estimate of drug-likeness (QED) is 0.278. The molecule has 2 fully saturated rings. The molecule has 212 valence electrons. The summed E-state index contributed by atoms with van der Waals surface area (Å²) in [6, 6.07) is 18.0. The van der Waals surface area contributed by atoms with Gasteiger partial charge in [-0.15, -0.1) is 0 Å². The van der Waals surface area contributed by atoms with E-state index in [1.54, 1.807) is 6.08 Å². The van der Waals surface area contributed by atoms with E-state index in [0.717, 1.165) is 54.1 Å². The molecule has 41 heavy (non-hydrogen) atoms. The Hall–Kier alpha value is -4.24. The van der Waals surface area contributed by atoms with E-state index >= 15 is 0 Å². The summed E-state index contributed by atoms with van der Waals surface area (Å²) in [5.41, 5.74) is 8.66. The molecule has 2 aromatic heterocycles. The number of benzene rings is 2. The summed E-state index contributed by atoms with van der Waals surface area (Å²) in [6.07, 6.45) is 13.3. The van der Waals surface area contributed by atoms with Gasteiger partial charge in [0.2, 0.25) is 5.91 Å². The first kappa shape index (κ1) is 27.0. The average molecular weight is 552 g/mol. The zero-order valence-electron chi connectivity index (χ0n) is 23.3. The van der Waals surface area contributed by atoms with Gasteiger partial charge in [0.25, 0.3) is 0 Å². The number of carbonyl (C=O) groups excluding carboxylic acids is 1. The van der Waals surface area contributed by atoms with E-state index in [2.05, 4.69) is 15.3 Å². The molecule has 1 atom stereocenters. The van der Waals surface area contributed by atoms with Crippen LogP contribution in [0.25, 0.3) is 22.3 Å². The van der Waals surface area contributed by atoms with Crippen molar-refractivity contribution in [1.82, 2.24) is 30.0 Å². The molecule has 1 saturated carbocycles. The minimum absolute atomic E-state index is 0.00676. The lowest BCUT2D eigenvalue weighted by Crippen LogP contribution is -2.40. The van der Waals surface area contributed by atoms with Crippen LogP contribution in [0.1, 0.15) is 51.0 Å². The first-order valence-electron chi connectivity index (χ1n) is 14.7. The maximum absolute atomic E-state index is 13.1. The number of nitrogens with zero attached hydrogens (tertiary/aromatic N) is 5. The summed E-state index contributed by atoms with van der Waals surface area (Å²) < 4.78 is 7.89. The normalized spacial score (nSPS) is 18.2. The topological polar surface area (TPSA) is 111 Å². The van der Waals surface area contributed by atoms with Crippen molar-refractivity contribution < 1.29 is 9.53 Å². The molecule has 6 rings (SSSR count). The smallest absolute Gasteiger partial charge is 0.246 e. The lowest BCUT2D eigenvalue weighted by atomic mass is 9.95. The first-order valence-corrected chi connectivity index (χ1v) is 14.7. The molecule has 9 heteroatoms. The highest BCUT2D eigenvalue weighted by Crippen LogP contribution is 2.35. The van der Waals surface area contributed by atoms with E-state index in [9.17, 15) is 4.79 Å². The predicted molar refractivity (Wildman–Crippen MR) is 161 cm³/mol. The van der Waals surface area contributed by atoms with Crippen LogP contribution >= 0.6 is 0 Å². The van der Waals surface area contributed by atoms with Crippen molar-refractivity contribution in [3.05, 3.63) is 73.1 Å². The fourth-order valence-corrected chi connectivity index (χ4v) is 5.92. The summed E-state index contributed by atoms with van der Waals surface area (Å²) in [5.74, 6) is 1.94. The largest absolute Gasteiger partial charge is 0.457 e. The Morgan fingerprint density at radius 2 is 1.76 bits per heavy atom. The van der Waals surface area contributed by atoms with Crippen LogP contribution in [0.15, 0.2) is 73.1 Å². The highest BCUT2D eigenvalue weighted by molar-refractivity contribution is 5.98. The molecule has 1 aliphatic heterocycles. The van der Waals surface area contributed by atoms with Crippen molar-refractivity contribution in [3.8, 4) is 22.8 Å². The molecule has 9 nitrogen and oxygen atoms in total. The number of amides is 1. The van der Waals surface area contributed by atoms with Crippen LogP contribution in [0.5, 0.6) is 11.5 Å². The Kier molecular flexibility index (Phi) is 8.23. The number of para-hydroxylation sites is 1. The van der Waals surface area contributed by atoms with Gasteiger partial charge in [0.05, 0.1) is 11.4 Å². The number of fused-ring (bicyclic) bond motifs is 1. The van der Waals surface area contributed by atoms with Gasteiger partial charge in [-0.3, -0.25) is 4.79 Å². The zero-order valence-corrected chi connectivity index (χ0v) is 23.3. The lowest BCUT2D eigenvalue weighted by molar-refractivity contribution is -0.127. The number of rotatable bonds is 8. The van der Waals surface area contributed by atoms with Crippen molar-refractivity contribution >= 4 is 22.8 Å². The second-order valence-corrected chi connectivity index (χ2v) is 10.9. The molecule has 4 aromatic rings. The summed E-state index contributed by atoms with van der Waals surface area (Å²) in [6.45, 7) is 2.04. The Morgan fingerprint density at radius 3 is 2.56 bits per heavy atom. The third-order valence-electron chi connectivity index (χ3n) is 8.07. The predicted octanol–water partition coefficient (Wildman–Crippen LogP) is 5.51. The van der Waals surface area contributed by atoms with Gasteiger partial charge in [0, 0.05) is 37.3 Å².